The summed E-state index contributed by atoms with van der Waals surface area (Å²) < 4.78 is 0. The molecule has 5 heteroatoms. The van der Waals surface area contributed by atoms with Gasteiger partial charge in [0, 0.05) is 25.7 Å². The molecule has 1 aromatic rings. The van der Waals surface area contributed by atoms with E-state index in [1.54, 1.807) is 11.0 Å². The molecule has 2 atom stereocenters. The third kappa shape index (κ3) is 7.67. The first-order valence-electron chi connectivity index (χ1n) is 9.43. The fourth-order valence-electron chi connectivity index (χ4n) is 3.09. The lowest BCUT2D eigenvalue weighted by Crippen LogP contribution is -2.42. The molecule has 0 radical (unpaired) electrons. The second-order valence-electron chi connectivity index (χ2n) is 6.72. The van der Waals surface area contributed by atoms with Crippen molar-refractivity contribution in [3.8, 4) is 11.8 Å². The number of aliphatic carboxylic acids is 1. The highest BCUT2D eigenvalue weighted by molar-refractivity contribution is 5.78. The van der Waals surface area contributed by atoms with Gasteiger partial charge in [-0.05, 0) is 24.8 Å². The van der Waals surface area contributed by atoms with Gasteiger partial charge >= 0.3 is 5.97 Å². The van der Waals surface area contributed by atoms with Crippen molar-refractivity contribution in [1.29, 1.82) is 0 Å². The Hall–Kier alpha value is -2.58. The van der Waals surface area contributed by atoms with Gasteiger partial charge in [-0.2, -0.15) is 0 Å². The van der Waals surface area contributed by atoms with Crippen molar-refractivity contribution in [3.63, 3.8) is 0 Å². The van der Waals surface area contributed by atoms with Crippen molar-refractivity contribution in [2.24, 2.45) is 0 Å². The number of aliphatic hydroxyl groups is 1. The van der Waals surface area contributed by atoms with Crippen molar-refractivity contribution in [1.82, 2.24) is 4.90 Å². The van der Waals surface area contributed by atoms with Crippen molar-refractivity contribution in [3.05, 3.63) is 48.0 Å². The number of hydrogen-bond donors (Lipinski definition) is 2. The molecule has 1 aliphatic rings. The van der Waals surface area contributed by atoms with Crippen molar-refractivity contribution in [2.45, 2.75) is 57.1 Å². The van der Waals surface area contributed by atoms with Crippen LogP contribution in [0.2, 0.25) is 0 Å². The normalized spacial score (nSPS) is 18.2. The fraction of sp³-hybridized carbons (Fsp3) is 0.455. The zero-order valence-electron chi connectivity index (χ0n) is 15.5. The van der Waals surface area contributed by atoms with Crippen LogP contribution in [0.3, 0.4) is 0 Å². The average molecular weight is 369 g/mol. The van der Waals surface area contributed by atoms with Crippen LogP contribution in [-0.2, 0) is 16.0 Å². The molecule has 0 saturated carbocycles. The first-order chi connectivity index (χ1) is 13.1. The predicted octanol–water partition coefficient (Wildman–Crippen LogP) is 2.79. The van der Waals surface area contributed by atoms with Crippen molar-refractivity contribution >= 4 is 11.9 Å². The molecule has 2 rings (SSSR count). The molecule has 1 unspecified atom stereocenters. The minimum Gasteiger partial charge on any atom is -0.481 e. The summed E-state index contributed by atoms with van der Waals surface area (Å²) in [6.07, 6.45) is 7.01. The summed E-state index contributed by atoms with van der Waals surface area (Å²) >= 11 is 0. The van der Waals surface area contributed by atoms with Gasteiger partial charge in [-0.1, -0.05) is 48.4 Å². The third-order valence-corrected chi connectivity index (χ3v) is 4.52. The number of hydrogen-bond acceptors (Lipinski definition) is 3. The molecule has 2 N–H and O–H groups in total. The second-order valence-corrected chi connectivity index (χ2v) is 6.72. The van der Waals surface area contributed by atoms with Crippen LogP contribution in [0, 0.1) is 11.8 Å². The van der Waals surface area contributed by atoms with Crippen LogP contribution in [0.5, 0.6) is 0 Å². The van der Waals surface area contributed by atoms with Gasteiger partial charge in [0.25, 0.3) is 0 Å². The topological polar surface area (TPSA) is 77.8 Å². The second kappa shape index (κ2) is 11.2. The number of amides is 1. The minimum absolute atomic E-state index is 0.0509. The number of aliphatic hydroxyl groups excluding tert-OH is 1. The minimum atomic E-state index is -0.817. The van der Waals surface area contributed by atoms with E-state index in [0.717, 1.165) is 18.4 Å². The summed E-state index contributed by atoms with van der Waals surface area (Å²) in [5, 5.41) is 18.8. The lowest BCUT2D eigenvalue weighted by atomic mass is 9.99. The average Bonchev–Trinajstić information content (AvgIpc) is 2.65. The maximum Gasteiger partial charge on any atom is 0.303 e. The van der Waals surface area contributed by atoms with Gasteiger partial charge in [0.15, 0.2) is 0 Å². The van der Waals surface area contributed by atoms with Gasteiger partial charge in [-0.15, -0.1) is 5.92 Å². The van der Waals surface area contributed by atoms with E-state index >= 15 is 0 Å². The Bertz CT molecular complexity index is 702. The molecule has 0 bridgehead atoms. The monoisotopic (exact) mass is 369 g/mol. The Morgan fingerprint density at radius 3 is 2.81 bits per heavy atom. The Morgan fingerprint density at radius 1 is 1.30 bits per heavy atom. The van der Waals surface area contributed by atoms with Crippen LogP contribution in [0.1, 0.15) is 44.1 Å². The highest BCUT2D eigenvalue weighted by Gasteiger charge is 2.25. The molecular formula is C22H27NO4. The number of carbonyl (C=O) groups is 2. The zero-order valence-corrected chi connectivity index (χ0v) is 15.5. The van der Waals surface area contributed by atoms with Gasteiger partial charge < -0.3 is 15.1 Å². The molecule has 27 heavy (non-hydrogen) atoms. The molecule has 1 amide bonds. The predicted molar refractivity (Wildman–Crippen MR) is 104 cm³/mol. The van der Waals surface area contributed by atoms with E-state index in [9.17, 15) is 14.7 Å². The summed E-state index contributed by atoms with van der Waals surface area (Å²) in [5.74, 6) is 5.19. The Morgan fingerprint density at radius 2 is 2.07 bits per heavy atom. The summed E-state index contributed by atoms with van der Waals surface area (Å²) in [5.41, 5.74) is 1.07. The standard InChI is InChI=1S/C22H27NO4/c24-20(17-18-9-4-3-5-10-18)15-14-19-11-8-12-21(25)23(19)16-7-2-1-6-13-22(26)27/h3-5,9-10,14-15,19-20,24H,1,6,8,11-13,16-17H2,(H,26,27)/t19?,20-/m0/s1. The first-order valence-corrected chi connectivity index (χ1v) is 9.43. The Kier molecular flexibility index (Phi) is 8.60. The number of likely N-dealkylation sites (tertiary alicyclic amines) is 1. The summed E-state index contributed by atoms with van der Waals surface area (Å²) in [6, 6.07) is 9.75. The molecule has 1 saturated heterocycles. The van der Waals surface area contributed by atoms with Gasteiger partial charge in [0.1, 0.15) is 0 Å². The van der Waals surface area contributed by atoms with Crippen LogP contribution in [0.4, 0.5) is 0 Å². The van der Waals surface area contributed by atoms with Crippen LogP contribution >= 0.6 is 0 Å². The molecule has 1 heterocycles. The summed E-state index contributed by atoms with van der Waals surface area (Å²) in [7, 11) is 0. The van der Waals surface area contributed by atoms with Gasteiger partial charge in [0.05, 0.1) is 18.7 Å². The van der Waals surface area contributed by atoms with Crippen LogP contribution in [0.25, 0.3) is 0 Å². The van der Waals surface area contributed by atoms with E-state index in [-0.39, 0.29) is 18.4 Å². The highest BCUT2D eigenvalue weighted by atomic mass is 16.4. The zero-order chi connectivity index (χ0) is 19.5. The molecule has 0 aromatic heterocycles. The molecule has 1 aromatic carbocycles. The number of rotatable bonds is 8. The Labute approximate surface area is 160 Å². The van der Waals surface area contributed by atoms with E-state index in [4.69, 9.17) is 5.11 Å². The Balaban J connectivity index is 1.87. The lowest BCUT2D eigenvalue weighted by molar-refractivity contribution is -0.137. The number of piperidine rings is 1. The number of carbonyl (C=O) groups excluding carboxylic acids is 1. The maximum absolute atomic E-state index is 12.2. The lowest BCUT2D eigenvalue weighted by Gasteiger charge is -2.32. The smallest absolute Gasteiger partial charge is 0.303 e. The number of carboxylic acids is 1. The van der Waals surface area contributed by atoms with E-state index in [1.165, 1.54) is 0 Å². The summed E-state index contributed by atoms with van der Waals surface area (Å²) in [4.78, 5) is 24.5. The molecule has 5 nitrogen and oxygen atoms in total. The first kappa shape index (κ1) is 20.7. The molecule has 1 fully saturated rings. The number of carboxylic acid groups (broad SMARTS) is 1. The molecular weight excluding hydrogens is 342 g/mol. The maximum atomic E-state index is 12.2. The SMILES string of the molecule is O=C(O)CCCC#CCN1C(=O)CCCC1C=C[C@H](O)Cc1ccccc1. The van der Waals surface area contributed by atoms with E-state index in [0.29, 0.717) is 32.2 Å². The van der Waals surface area contributed by atoms with Crippen LogP contribution < -0.4 is 0 Å². The van der Waals surface area contributed by atoms with Crippen LogP contribution in [0.15, 0.2) is 42.5 Å². The quantitative estimate of drug-likeness (QED) is 0.420. The molecule has 1 aliphatic heterocycles. The largest absolute Gasteiger partial charge is 0.481 e. The van der Waals surface area contributed by atoms with E-state index < -0.39 is 12.1 Å². The van der Waals surface area contributed by atoms with Crippen molar-refractivity contribution < 1.29 is 19.8 Å². The van der Waals surface area contributed by atoms with Gasteiger partial charge in [-0.25, -0.2) is 0 Å². The molecule has 0 spiro atoms. The number of benzene rings is 1. The summed E-state index contributed by atoms with van der Waals surface area (Å²) in [6.45, 7) is 0.343. The molecule has 0 aliphatic carbocycles. The highest BCUT2D eigenvalue weighted by Crippen LogP contribution is 2.19. The van der Waals surface area contributed by atoms with Crippen LogP contribution in [-0.4, -0.2) is 45.7 Å². The fourth-order valence-corrected chi connectivity index (χ4v) is 3.09. The van der Waals surface area contributed by atoms with E-state index in [2.05, 4.69) is 11.8 Å². The van der Waals surface area contributed by atoms with E-state index in [1.807, 2.05) is 36.4 Å². The van der Waals surface area contributed by atoms with Gasteiger partial charge in [-0.3, -0.25) is 9.59 Å². The number of nitrogens with zero attached hydrogens (tertiary/aromatic N) is 1. The van der Waals surface area contributed by atoms with Crippen molar-refractivity contribution in [2.75, 3.05) is 6.54 Å². The third-order valence-electron chi connectivity index (χ3n) is 4.52. The van der Waals surface area contributed by atoms with Gasteiger partial charge in [0.2, 0.25) is 5.91 Å². The molecule has 144 valence electrons. The number of unbranched alkanes of at least 4 members (excludes halogenated alkanes) is 1.